The number of benzene rings is 3. The van der Waals surface area contributed by atoms with Crippen molar-refractivity contribution in [1.82, 2.24) is 15.3 Å². The lowest BCUT2D eigenvalue weighted by Gasteiger charge is -2.16. The van der Waals surface area contributed by atoms with E-state index in [9.17, 15) is 23.1 Å². The Morgan fingerprint density at radius 2 is 1.85 bits per heavy atom. The van der Waals surface area contributed by atoms with Gasteiger partial charge in [0.05, 0.1) is 28.1 Å². The normalized spacial score (nSPS) is 11.9. The van der Waals surface area contributed by atoms with E-state index < -0.39 is 17.3 Å². The minimum atomic E-state index is -4.48. The predicted molar refractivity (Wildman–Crippen MR) is 143 cm³/mol. The maximum absolute atomic E-state index is 13.0. The number of hydrogen-bond donors (Lipinski definition) is 3. The molecule has 204 valence electrons. The number of hydrogen-bond acceptors (Lipinski definition) is 6. The quantitative estimate of drug-likeness (QED) is 0.213. The standard InChI is InChI=1S/C28H26ClF3N4O3/c1-27(2,38)15-25(37)33-11-10-17-6-8-23-21(12-17)26(35-16-34-23)36-19-7-9-24(22(29)14-19)39-20-5-3-4-18(13-20)28(30,31)32/h3-9,12-14,16,38H,10-11,15H2,1-2H3,(H,33,37)(H,34,35,36). The first kappa shape index (κ1) is 28.1. The fourth-order valence-electron chi connectivity index (χ4n) is 3.82. The highest BCUT2D eigenvalue weighted by Crippen LogP contribution is 2.36. The number of alkyl halides is 3. The van der Waals surface area contributed by atoms with Gasteiger partial charge in [-0.15, -0.1) is 0 Å². The van der Waals surface area contributed by atoms with Crippen molar-refractivity contribution in [2.45, 2.75) is 38.5 Å². The fraction of sp³-hybridized carbons (Fsp3) is 0.250. The number of nitrogens with zero attached hydrogens (tertiary/aromatic N) is 2. The van der Waals surface area contributed by atoms with Crippen molar-refractivity contribution in [3.05, 3.63) is 83.1 Å². The summed E-state index contributed by atoms with van der Waals surface area (Å²) in [6, 6.07) is 15.1. The van der Waals surface area contributed by atoms with Crippen LogP contribution in [0.4, 0.5) is 24.7 Å². The maximum Gasteiger partial charge on any atom is 0.416 e. The van der Waals surface area contributed by atoms with Crippen LogP contribution < -0.4 is 15.4 Å². The zero-order valence-electron chi connectivity index (χ0n) is 21.1. The van der Waals surface area contributed by atoms with E-state index in [1.54, 1.807) is 32.0 Å². The first-order valence-electron chi connectivity index (χ1n) is 12.0. The number of rotatable bonds is 9. The highest BCUT2D eigenvalue weighted by atomic mass is 35.5. The molecule has 4 aromatic rings. The van der Waals surface area contributed by atoms with Gasteiger partial charge in [0, 0.05) is 17.6 Å². The van der Waals surface area contributed by atoms with Crippen LogP contribution in [0.5, 0.6) is 11.5 Å². The summed E-state index contributed by atoms with van der Waals surface area (Å²) < 4.78 is 44.6. The molecule has 0 aliphatic carbocycles. The Morgan fingerprint density at radius 3 is 2.56 bits per heavy atom. The maximum atomic E-state index is 13.0. The van der Waals surface area contributed by atoms with Crippen molar-refractivity contribution < 1.29 is 27.8 Å². The van der Waals surface area contributed by atoms with Crippen LogP contribution in [-0.2, 0) is 17.4 Å². The Kier molecular flexibility index (Phi) is 8.27. The third kappa shape index (κ3) is 7.81. The monoisotopic (exact) mass is 558 g/mol. The van der Waals surface area contributed by atoms with E-state index in [1.165, 1.54) is 18.5 Å². The molecule has 4 rings (SSSR count). The summed E-state index contributed by atoms with van der Waals surface area (Å²) in [5, 5.41) is 16.7. The van der Waals surface area contributed by atoms with Crippen LogP contribution in [0.2, 0.25) is 5.02 Å². The van der Waals surface area contributed by atoms with Gasteiger partial charge < -0.3 is 20.5 Å². The summed E-state index contributed by atoms with van der Waals surface area (Å²) in [5.41, 5.74) is 0.349. The predicted octanol–water partition coefficient (Wildman–Crippen LogP) is 6.66. The van der Waals surface area contributed by atoms with Gasteiger partial charge in [-0.25, -0.2) is 9.97 Å². The Labute approximate surface area is 228 Å². The molecule has 0 saturated carbocycles. The Balaban J connectivity index is 1.47. The summed E-state index contributed by atoms with van der Waals surface area (Å²) >= 11 is 6.37. The largest absolute Gasteiger partial charge is 0.456 e. The number of carbonyl (C=O) groups excluding carboxylic acids is 1. The Hall–Kier alpha value is -3.89. The van der Waals surface area contributed by atoms with E-state index in [1.807, 2.05) is 18.2 Å². The van der Waals surface area contributed by atoms with Gasteiger partial charge >= 0.3 is 6.18 Å². The average Bonchev–Trinajstić information content (AvgIpc) is 2.85. The molecule has 1 aromatic heterocycles. The summed E-state index contributed by atoms with van der Waals surface area (Å²) in [4.78, 5) is 20.6. The van der Waals surface area contributed by atoms with Crippen molar-refractivity contribution in [3.63, 3.8) is 0 Å². The molecule has 7 nitrogen and oxygen atoms in total. The topological polar surface area (TPSA) is 96.4 Å². The van der Waals surface area contributed by atoms with Crippen LogP contribution in [0.15, 0.2) is 67.0 Å². The van der Waals surface area contributed by atoms with Crippen molar-refractivity contribution in [2.24, 2.45) is 0 Å². The van der Waals surface area contributed by atoms with E-state index in [0.717, 1.165) is 23.1 Å². The fourth-order valence-corrected chi connectivity index (χ4v) is 4.04. The number of aliphatic hydroxyl groups is 1. The third-order valence-corrected chi connectivity index (χ3v) is 5.91. The van der Waals surface area contributed by atoms with Crippen LogP contribution in [0.1, 0.15) is 31.4 Å². The van der Waals surface area contributed by atoms with Gasteiger partial charge in [0.1, 0.15) is 23.6 Å². The number of nitrogens with one attached hydrogen (secondary N) is 2. The Morgan fingerprint density at radius 1 is 1.05 bits per heavy atom. The number of ether oxygens (including phenoxy) is 1. The molecule has 0 radical (unpaired) electrons. The molecule has 1 heterocycles. The van der Waals surface area contributed by atoms with Crippen molar-refractivity contribution >= 4 is 39.9 Å². The lowest BCUT2D eigenvalue weighted by atomic mass is 10.1. The van der Waals surface area contributed by atoms with Gasteiger partial charge in [-0.1, -0.05) is 23.7 Å². The zero-order valence-corrected chi connectivity index (χ0v) is 21.9. The Bertz CT molecular complexity index is 1490. The summed E-state index contributed by atoms with van der Waals surface area (Å²) in [5.74, 6) is 0.503. The number of halogens is 4. The van der Waals surface area contributed by atoms with Crippen LogP contribution in [0, 0.1) is 0 Å². The molecule has 0 atom stereocenters. The van der Waals surface area contributed by atoms with Gasteiger partial charge in [-0.2, -0.15) is 13.2 Å². The molecule has 0 unspecified atom stereocenters. The molecule has 0 bridgehead atoms. The lowest BCUT2D eigenvalue weighted by Crippen LogP contribution is -2.33. The molecule has 0 aliphatic heterocycles. The van der Waals surface area contributed by atoms with Crippen LogP contribution in [0.3, 0.4) is 0 Å². The number of aromatic nitrogens is 2. The van der Waals surface area contributed by atoms with Crippen LogP contribution >= 0.6 is 11.6 Å². The zero-order chi connectivity index (χ0) is 28.2. The van der Waals surface area contributed by atoms with Crippen molar-refractivity contribution in [2.75, 3.05) is 11.9 Å². The highest BCUT2D eigenvalue weighted by molar-refractivity contribution is 6.32. The molecule has 3 N–H and O–H groups in total. The summed E-state index contributed by atoms with van der Waals surface area (Å²) in [7, 11) is 0. The minimum absolute atomic E-state index is 0.0121. The van der Waals surface area contributed by atoms with Crippen molar-refractivity contribution in [1.29, 1.82) is 0 Å². The molecule has 39 heavy (non-hydrogen) atoms. The second-order valence-corrected chi connectivity index (χ2v) is 9.97. The van der Waals surface area contributed by atoms with Gasteiger partial charge in [0.15, 0.2) is 0 Å². The van der Waals surface area contributed by atoms with Gasteiger partial charge in [0.25, 0.3) is 0 Å². The second-order valence-electron chi connectivity index (χ2n) is 9.56. The average molecular weight is 559 g/mol. The van der Waals surface area contributed by atoms with Crippen LogP contribution in [0.25, 0.3) is 10.9 Å². The number of fused-ring (bicyclic) bond motifs is 1. The SMILES string of the molecule is CC(C)(O)CC(=O)NCCc1ccc2ncnc(Nc3ccc(Oc4cccc(C(F)(F)F)c4)c(Cl)c3)c2c1. The summed E-state index contributed by atoms with van der Waals surface area (Å²) in [6.45, 7) is 3.56. The summed E-state index contributed by atoms with van der Waals surface area (Å²) in [6.07, 6.45) is -2.48. The first-order chi connectivity index (χ1) is 18.4. The van der Waals surface area contributed by atoms with E-state index in [-0.39, 0.29) is 28.8 Å². The third-order valence-electron chi connectivity index (χ3n) is 5.61. The molecule has 3 aromatic carbocycles. The molecular formula is C28H26ClF3N4O3. The number of anilines is 2. The molecule has 0 spiro atoms. The van der Waals surface area contributed by atoms with Gasteiger partial charge in [-0.05, 0) is 74.4 Å². The highest BCUT2D eigenvalue weighted by Gasteiger charge is 2.30. The van der Waals surface area contributed by atoms with E-state index in [0.29, 0.717) is 30.0 Å². The van der Waals surface area contributed by atoms with Crippen molar-refractivity contribution in [3.8, 4) is 11.5 Å². The molecule has 0 saturated heterocycles. The molecule has 0 fully saturated rings. The van der Waals surface area contributed by atoms with Crippen LogP contribution in [-0.4, -0.2) is 33.1 Å². The van der Waals surface area contributed by atoms with E-state index >= 15 is 0 Å². The second kappa shape index (κ2) is 11.5. The van der Waals surface area contributed by atoms with E-state index in [4.69, 9.17) is 16.3 Å². The number of carbonyl (C=O) groups is 1. The smallest absolute Gasteiger partial charge is 0.416 e. The molecule has 1 amide bonds. The minimum Gasteiger partial charge on any atom is -0.456 e. The molecule has 0 aliphatic rings. The molecular weight excluding hydrogens is 533 g/mol. The van der Waals surface area contributed by atoms with E-state index in [2.05, 4.69) is 20.6 Å². The molecule has 11 heteroatoms. The first-order valence-corrected chi connectivity index (χ1v) is 12.4. The lowest BCUT2D eigenvalue weighted by molar-refractivity contribution is -0.137. The van der Waals surface area contributed by atoms with Gasteiger partial charge in [0.2, 0.25) is 5.91 Å². The number of amides is 1. The van der Waals surface area contributed by atoms with Gasteiger partial charge in [-0.3, -0.25) is 4.79 Å².